The zero-order valence-electron chi connectivity index (χ0n) is 12.6. The molecule has 0 aromatic heterocycles. The minimum Gasteiger partial charge on any atom is -0.208 e. The third-order valence-electron chi connectivity index (χ3n) is 4.51. The van der Waals surface area contributed by atoms with E-state index in [-0.39, 0.29) is 11.5 Å². The van der Waals surface area contributed by atoms with Gasteiger partial charge in [0.25, 0.3) is 0 Å². The Kier molecular flexibility index (Phi) is 4.55. The molecule has 4 heteroatoms. The van der Waals surface area contributed by atoms with Crippen LogP contribution in [0.15, 0.2) is 29.2 Å². The van der Waals surface area contributed by atoms with Crippen molar-refractivity contribution >= 4 is 10.0 Å². The summed E-state index contributed by atoms with van der Waals surface area (Å²) in [5, 5.41) is 0. The molecular formula is C16H25NO2S. The summed E-state index contributed by atoms with van der Waals surface area (Å²) in [4.78, 5) is 0.375. The zero-order chi connectivity index (χ0) is 14.8. The highest BCUT2D eigenvalue weighted by Gasteiger charge is 2.24. The van der Waals surface area contributed by atoms with Crippen LogP contribution in [0.4, 0.5) is 0 Å². The van der Waals surface area contributed by atoms with Gasteiger partial charge in [-0.2, -0.15) is 0 Å². The highest BCUT2D eigenvalue weighted by Crippen LogP contribution is 2.27. The maximum absolute atomic E-state index is 12.3. The van der Waals surface area contributed by atoms with Gasteiger partial charge < -0.3 is 0 Å². The second-order valence-electron chi connectivity index (χ2n) is 6.36. The van der Waals surface area contributed by atoms with Crippen LogP contribution < -0.4 is 4.72 Å². The molecule has 1 aromatic rings. The quantitative estimate of drug-likeness (QED) is 0.902. The van der Waals surface area contributed by atoms with Gasteiger partial charge in [0.2, 0.25) is 10.0 Å². The van der Waals surface area contributed by atoms with E-state index in [9.17, 15) is 8.42 Å². The minimum atomic E-state index is -3.36. The predicted octanol–water partition coefficient (Wildman–Crippen LogP) is 3.60. The van der Waals surface area contributed by atoms with Crippen LogP contribution in [0, 0.1) is 0 Å². The van der Waals surface area contributed by atoms with Crippen LogP contribution >= 0.6 is 0 Å². The zero-order valence-corrected chi connectivity index (χ0v) is 13.5. The molecule has 1 aliphatic carbocycles. The molecule has 1 aromatic carbocycles. The predicted molar refractivity (Wildman–Crippen MR) is 82.3 cm³/mol. The number of sulfonamides is 1. The molecule has 0 atom stereocenters. The molecule has 1 N–H and O–H groups in total. The van der Waals surface area contributed by atoms with Crippen LogP contribution in [0.2, 0.25) is 0 Å². The topological polar surface area (TPSA) is 46.2 Å². The van der Waals surface area contributed by atoms with Gasteiger partial charge in [0.1, 0.15) is 0 Å². The summed E-state index contributed by atoms with van der Waals surface area (Å²) in [6.45, 7) is 6.49. The number of hydrogen-bond donors (Lipinski definition) is 1. The molecule has 20 heavy (non-hydrogen) atoms. The van der Waals surface area contributed by atoms with Crippen molar-refractivity contribution in [1.29, 1.82) is 0 Å². The van der Waals surface area contributed by atoms with Gasteiger partial charge in [0.05, 0.1) is 4.90 Å². The van der Waals surface area contributed by atoms with Crippen molar-refractivity contribution in [3.05, 3.63) is 29.8 Å². The highest BCUT2D eigenvalue weighted by atomic mass is 32.2. The van der Waals surface area contributed by atoms with Crippen molar-refractivity contribution in [3.63, 3.8) is 0 Å². The van der Waals surface area contributed by atoms with Gasteiger partial charge in [0.15, 0.2) is 0 Å². The molecule has 1 aliphatic rings. The molecule has 0 saturated heterocycles. The third-order valence-corrected chi connectivity index (χ3v) is 6.04. The summed E-state index contributed by atoms with van der Waals surface area (Å²) >= 11 is 0. The van der Waals surface area contributed by atoms with E-state index in [0.717, 1.165) is 32.1 Å². The van der Waals surface area contributed by atoms with Gasteiger partial charge in [-0.1, -0.05) is 45.7 Å². The number of nitrogens with one attached hydrogen (secondary N) is 1. The van der Waals surface area contributed by atoms with E-state index in [2.05, 4.69) is 25.5 Å². The van der Waals surface area contributed by atoms with Crippen LogP contribution in [0.25, 0.3) is 0 Å². The Balaban J connectivity index is 2.16. The average Bonchev–Trinajstić information content (AvgIpc) is 2.91. The lowest BCUT2D eigenvalue weighted by molar-refractivity contribution is 0.505. The van der Waals surface area contributed by atoms with Gasteiger partial charge in [-0.15, -0.1) is 0 Å². The van der Waals surface area contributed by atoms with Crippen molar-refractivity contribution in [1.82, 2.24) is 4.72 Å². The minimum absolute atomic E-state index is 0.0845. The van der Waals surface area contributed by atoms with E-state index in [4.69, 9.17) is 0 Å². The SMILES string of the molecule is CCC(C)(C)c1ccc(S(=O)(=O)NC2CCCC2)cc1. The fourth-order valence-electron chi connectivity index (χ4n) is 2.62. The van der Waals surface area contributed by atoms with E-state index in [1.165, 1.54) is 5.56 Å². The van der Waals surface area contributed by atoms with E-state index in [1.54, 1.807) is 12.1 Å². The first-order valence-corrected chi connectivity index (χ1v) is 8.96. The molecule has 0 bridgehead atoms. The van der Waals surface area contributed by atoms with E-state index >= 15 is 0 Å². The fraction of sp³-hybridized carbons (Fsp3) is 0.625. The number of rotatable bonds is 5. The lowest BCUT2D eigenvalue weighted by Gasteiger charge is -2.23. The van der Waals surface area contributed by atoms with Crippen LogP contribution in [0.1, 0.15) is 58.4 Å². The van der Waals surface area contributed by atoms with Gasteiger partial charge in [-0.25, -0.2) is 13.1 Å². The molecule has 112 valence electrons. The Morgan fingerprint density at radius 1 is 1.15 bits per heavy atom. The monoisotopic (exact) mass is 295 g/mol. The van der Waals surface area contributed by atoms with Crippen molar-refractivity contribution < 1.29 is 8.42 Å². The van der Waals surface area contributed by atoms with Crippen LogP contribution in [0.3, 0.4) is 0 Å². The second kappa shape index (κ2) is 5.86. The van der Waals surface area contributed by atoms with Crippen molar-refractivity contribution in [2.24, 2.45) is 0 Å². The summed E-state index contributed by atoms with van der Waals surface area (Å²) in [5.41, 5.74) is 1.26. The molecular weight excluding hydrogens is 270 g/mol. The molecule has 2 rings (SSSR count). The Bertz CT molecular complexity index is 540. The highest BCUT2D eigenvalue weighted by molar-refractivity contribution is 7.89. The Hall–Kier alpha value is -0.870. The third kappa shape index (κ3) is 3.41. The van der Waals surface area contributed by atoms with Gasteiger partial charge >= 0.3 is 0 Å². The molecule has 0 aliphatic heterocycles. The molecule has 0 spiro atoms. The first kappa shape index (κ1) is 15.5. The van der Waals surface area contributed by atoms with Crippen molar-refractivity contribution in [2.45, 2.75) is 69.2 Å². The molecule has 1 fully saturated rings. The lowest BCUT2D eigenvalue weighted by Crippen LogP contribution is -2.32. The maximum atomic E-state index is 12.3. The molecule has 0 amide bonds. The average molecular weight is 295 g/mol. The summed E-state index contributed by atoms with van der Waals surface area (Å²) in [5.74, 6) is 0. The van der Waals surface area contributed by atoms with Gasteiger partial charge in [-0.05, 0) is 42.4 Å². The molecule has 0 radical (unpaired) electrons. The van der Waals surface area contributed by atoms with Crippen LogP contribution in [0.5, 0.6) is 0 Å². The normalized spacial score (nSPS) is 17.6. The Morgan fingerprint density at radius 2 is 1.70 bits per heavy atom. The standard InChI is InChI=1S/C16H25NO2S/c1-4-16(2,3)13-9-11-15(12-10-13)20(18,19)17-14-7-5-6-8-14/h9-12,14,17H,4-8H2,1-3H3. The second-order valence-corrected chi connectivity index (χ2v) is 8.08. The summed E-state index contributed by atoms with van der Waals surface area (Å²) in [7, 11) is -3.36. The first-order chi connectivity index (χ1) is 9.35. The molecule has 1 saturated carbocycles. The lowest BCUT2D eigenvalue weighted by atomic mass is 9.82. The number of benzene rings is 1. The molecule has 3 nitrogen and oxygen atoms in total. The van der Waals surface area contributed by atoms with E-state index in [1.807, 2.05) is 12.1 Å². The fourth-order valence-corrected chi connectivity index (χ4v) is 3.93. The van der Waals surface area contributed by atoms with Gasteiger partial charge in [-0.3, -0.25) is 0 Å². The largest absolute Gasteiger partial charge is 0.240 e. The smallest absolute Gasteiger partial charge is 0.208 e. The Labute approximate surface area is 122 Å². The molecule has 0 heterocycles. The summed E-state index contributed by atoms with van der Waals surface area (Å²) in [6.07, 6.45) is 5.19. The van der Waals surface area contributed by atoms with Crippen LogP contribution in [-0.4, -0.2) is 14.5 Å². The molecule has 0 unspecified atom stereocenters. The van der Waals surface area contributed by atoms with Crippen molar-refractivity contribution in [2.75, 3.05) is 0 Å². The van der Waals surface area contributed by atoms with Crippen LogP contribution in [-0.2, 0) is 15.4 Å². The van der Waals surface area contributed by atoms with Crippen molar-refractivity contribution in [3.8, 4) is 0 Å². The first-order valence-electron chi connectivity index (χ1n) is 7.48. The van der Waals surface area contributed by atoms with Gasteiger partial charge in [0, 0.05) is 6.04 Å². The maximum Gasteiger partial charge on any atom is 0.240 e. The summed E-state index contributed by atoms with van der Waals surface area (Å²) < 4.78 is 27.4. The summed E-state index contributed by atoms with van der Waals surface area (Å²) in [6, 6.07) is 7.44. The van der Waals surface area contributed by atoms with E-state index < -0.39 is 10.0 Å². The number of hydrogen-bond acceptors (Lipinski definition) is 2. The Morgan fingerprint density at radius 3 is 2.20 bits per heavy atom. The van der Waals surface area contributed by atoms with E-state index in [0.29, 0.717) is 4.90 Å².